The van der Waals surface area contributed by atoms with E-state index in [9.17, 15) is 9.18 Å². The zero-order valence-corrected chi connectivity index (χ0v) is 14.8. The quantitative estimate of drug-likeness (QED) is 0.712. The van der Waals surface area contributed by atoms with Gasteiger partial charge in [-0.15, -0.1) is 11.3 Å². The smallest absolute Gasteiger partial charge is 0.262 e. The van der Waals surface area contributed by atoms with Gasteiger partial charge in [0.05, 0.1) is 18.3 Å². The highest BCUT2D eigenvalue weighted by atomic mass is 32.1. The second-order valence-corrected chi connectivity index (χ2v) is 7.64. The second-order valence-electron chi connectivity index (χ2n) is 6.55. The van der Waals surface area contributed by atoms with Crippen LogP contribution in [0.2, 0.25) is 0 Å². The third-order valence-corrected chi connectivity index (χ3v) is 5.87. The van der Waals surface area contributed by atoms with Gasteiger partial charge in [0, 0.05) is 4.88 Å². The summed E-state index contributed by atoms with van der Waals surface area (Å²) in [6.45, 7) is 2.81. The minimum absolute atomic E-state index is 0.0193. The van der Waals surface area contributed by atoms with Crippen LogP contribution in [0.5, 0.6) is 5.75 Å². The number of para-hydroxylation sites is 1. The van der Waals surface area contributed by atoms with Gasteiger partial charge in [0.1, 0.15) is 11.4 Å². The summed E-state index contributed by atoms with van der Waals surface area (Å²) in [5, 5.41) is 0.764. The number of aryl methyl sites for hydroxylation is 1. The normalized spacial score (nSPS) is 16.8. The maximum atomic E-state index is 13.6. The molecule has 1 aromatic carbocycles. The summed E-state index contributed by atoms with van der Waals surface area (Å²) >= 11 is 1.64. The largest absolute Gasteiger partial charge is 0.489 e. The molecule has 0 saturated heterocycles. The molecule has 25 heavy (non-hydrogen) atoms. The summed E-state index contributed by atoms with van der Waals surface area (Å²) in [4.78, 5) is 19.5. The molecule has 0 radical (unpaired) electrons. The minimum Gasteiger partial charge on any atom is -0.489 e. The van der Waals surface area contributed by atoms with Crippen LogP contribution in [-0.2, 0) is 19.4 Å². The second kappa shape index (κ2) is 6.59. The number of thiophene rings is 1. The number of halogens is 1. The molecule has 1 aliphatic carbocycles. The van der Waals surface area contributed by atoms with Crippen molar-refractivity contribution < 1.29 is 9.13 Å². The molecule has 0 amide bonds. The number of fused-ring (bicyclic) bond motifs is 3. The van der Waals surface area contributed by atoms with Gasteiger partial charge in [-0.2, -0.15) is 0 Å². The van der Waals surface area contributed by atoms with E-state index in [0.717, 1.165) is 29.5 Å². The van der Waals surface area contributed by atoms with Crippen molar-refractivity contribution in [1.82, 2.24) is 9.55 Å². The lowest BCUT2D eigenvalue weighted by Gasteiger charge is -2.17. The van der Waals surface area contributed by atoms with Crippen LogP contribution in [0, 0.1) is 11.7 Å². The first-order valence-corrected chi connectivity index (χ1v) is 9.32. The standard InChI is InChI=1S/C19H19FN2O2S/c1-12-6-7-13-16(10-12)25-18-17(13)19(23)22(11-21-18)8-9-24-15-5-3-2-4-14(15)20/h2-5,11-12H,6-10H2,1H3/t12-/m1/s1. The van der Waals surface area contributed by atoms with E-state index >= 15 is 0 Å². The van der Waals surface area contributed by atoms with E-state index < -0.39 is 5.82 Å². The molecule has 3 aromatic rings. The minimum atomic E-state index is -0.399. The maximum absolute atomic E-state index is 13.6. The Morgan fingerprint density at radius 3 is 3.08 bits per heavy atom. The predicted octanol–water partition coefficient (Wildman–Crippen LogP) is 3.80. The van der Waals surface area contributed by atoms with Crippen molar-refractivity contribution >= 4 is 21.6 Å². The molecule has 4 rings (SSSR count). The molecule has 1 atom stereocenters. The molecule has 1 aliphatic rings. The summed E-state index contributed by atoms with van der Waals surface area (Å²) in [6.07, 6.45) is 4.67. The third-order valence-electron chi connectivity index (χ3n) is 4.71. The van der Waals surface area contributed by atoms with Crippen LogP contribution in [0.25, 0.3) is 10.2 Å². The Morgan fingerprint density at radius 2 is 2.24 bits per heavy atom. The summed E-state index contributed by atoms with van der Waals surface area (Å²) in [7, 11) is 0. The number of hydrogen-bond acceptors (Lipinski definition) is 4. The van der Waals surface area contributed by atoms with Crippen LogP contribution in [0.15, 0.2) is 35.4 Å². The first kappa shape index (κ1) is 16.3. The van der Waals surface area contributed by atoms with Crippen molar-refractivity contribution in [1.29, 1.82) is 0 Å². The third kappa shape index (κ3) is 3.06. The molecule has 2 aromatic heterocycles. The van der Waals surface area contributed by atoms with Crippen LogP contribution >= 0.6 is 11.3 Å². The number of nitrogens with zero attached hydrogens (tertiary/aromatic N) is 2. The van der Waals surface area contributed by atoms with Crippen LogP contribution in [0.3, 0.4) is 0 Å². The number of rotatable bonds is 4. The highest BCUT2D eigenvalue weighted by Crippen LogP contribution is 2.35. The Labute approximate surface area is 148 Å². The highest BCUT2D eigenvalue weighted by Gasteiger charge is 2.23. The maximum Gasteiger partial charge on any atom is 0.262 e. The lowest BCUT2D eigenvalue weighted by molar-refractivity contribution is 0.282. The van der Waals surface area contributed by atoms with Crippen molar-refractivity contribution in [3.63, 3.8) is 0 Å². The summed E-state index contributed by atoms with van der Waals surface area (Å²) in [5.41, 5.74) is 1.16. The summed E-state index contributed by atoms with van der Waals surface area (Å²) < 4.78 is 20.6. The predicted molar refractivity (Wildman–Crippen MR) is 97.0 cm³/mol. The van der Waals surface area contributed by atoms with Gasteiger partial charge in [-0.1, -0.05) is 19.1 Å². The van der Waals surface area contributed by atoms with E-state index in [1.807, 2.05) is 0 Å². The number of ether oxygens (including phenoxy) is 1. The molecule has 4 nitrogen and oxygen atoms in total. The van der Waals surface area contributed by atoms with E-state index in [2.05, 4.69) is 11.9 Å². The topological polar surface area (TPSA) is 44.1 Å². The van der Waals surface area contributed by atoms with Crippen molar-refractivity contribution in [2.45, 2.75) is 32.7 Å². The molecule has 0 bridgehead atoms. The van der Waals surface area contributed by atoms with Gasteiger partial charge in [0.25, 0.3) is 5.56 Å². The molecule has 0 fully saturated rings. The molecule has 0 spiro atoms. The highest BCUT2D eigenvalue weighted by molar-refractivity contribution is 7.18. The van der Waals surface area contributed by atoms with Crippen molar-refractivity contribution in [2.24, 2.45) is 5.92 Å². The average Bonchev–Trinajstić information content (AvgIpc) is 2.96. The Morgan fingerprint density at radius 1 is 1.40 bits per heavy atom. The SMILES string of the molecule is C[C@@H]1CCc2c(sc3ncn(CCOc4ccccc4F)c(=O)c23)C1. The van der Waals surface area contributed by atoms with Gasteiger partial charge >= 0.3 is 0 Å². The van der Waals surface area contributed by atoms with Crippen molar-refractivity contribution in [2.75, 3.05) is 6.61 Å². The number of aromatic nitrogens is 2. The first-order valence-electron chi connectivity index (χ1n) is 8.50. The molecule has 0 aliphatic heterocycles. The van der Waals surface area contributed by atoms with Gasteiger partial charge in [-0.25, -0.2) is 9.37 Å². The van der Waals surface area contributed by atoms with Gasteiger partial charge < -0.3 is 4.74 Å². The fraction of sp³-hybridized carbons (Fsp3) is 0.368. The van der Waals surface area contributed by atoms with E-state index in [0.29, 0.717) is 12.5 Å². The van der Waals surface area contributed by atoms with Crippen LogP contribution < -0.4 is 10.3 Å². The van der Waals surface area contributed by atoms with Crippen molar-refractivity contribution in [3.8, 4) is 5.75 Å². The number of benzene rings is 1. The van der Waals surface area contributed by atoms with E-state index in [1.165, 1.54) is 16.5 Å². The molecule has 0 N–H and O–H groups in total. The molecule has 2 heterocycles. The van der Waals surface area contributed by atoms with Crippen LogP contribution in [0.1, 0.15) is 23.8 Å². The number of hydrogen-bond donors (Lipinski definition) is 0. The molecule has 6 heteroatoms. The van der Waals surface area contributed by atoms with E-state index in [-0.39, 0.29) is 17.9 Å². The molecular weight excluding hydrogens is 339 g/mol. The fourth-order valence-corrected chi connectivity index (χ4v) is 4.68. The Kier molecular flexibility index (Phi) is 4.29. The molecule has 0 unspecified atom stereocenters. The summed E-state index contributed by atoms with van der Waals surface area (Å²) in [6, 6.07) is 6.27. The zero-order chi connectivity index (χ0) is 17.4. The van der Waals surface area contributed by atoms with Crippen molar-refractivity contribution in [3.05, 3.63) is 57.2 Å². The molecular formula is C19H19FN2O2S. The zero-order valence-electron chi connectivity index (χ0n) is 14.0. The molecule has 130 valence electrons. The lowest BCUT2D eigenvalue weighted by Crippen LogP contribution is -2.24. The van der Waals surface area contributed by atoms with E-state index in [4.69, 9.17) is 4.74 Å². The Hall–Kier alpha value is -2.21. The Bertz CT molecular complexity index is 979. The van der Waals surface area contributed by atoms with Crippen LogP contribution in [0.4, 0.5) is 4.39 Å². The Balaban J connectivity index is 1.57. The lowest BCUT2D eigenvalue weighted by atomic mass is 9.89. The van der Waals surface area contributed by atoms with Gasteiger partial charge in [-0.3, -0.25) is 9.36 Å². The average molecular weight is 358 g/mol. The van der Waals surface area contributed by atoms with Gasteiger partial charge in [-0.05, 0) is 42.9 Å². The van der Waals surface area contributed by atoms with E-state index in [1.54, 1.807) is 40.4 Å². The molecule has 0 saturated carbocycles. The summed E-state index contributed by atoms with van der Waals surface area (Å²) in [5.74, 6) is 0.466. The first-order chi connectivity index (χ1) is 12.1. The fourth-order valence-electron chi connectivity index (χ4n) is 3.34. The monoisotopic (exact) mass is 358 g/mol. The van der Waals surface area contributed by atoms with Crippen LogP contribution in [-0.4, -0.2) is 16.2 Å². The van der Waals surface area contributed by atoms with Gasteiger partial charge in [0.15, 0.2) is 11.6 Å². The van der Waals surface area contributed by atoms with Gasteiger partial charge in [0.2, 0.25) is 0 Å².